The number of oxime groups is 1. The molecule has 3 saturated heterocycles. The Labute approximate surface area is 461 Å². The molecule has 1 aromatic carbocycles. The van der Waals surface area contributed by atoms with Crippen LogP contribution in [0, 0.1) is 23.7 Å². The number of ether oxygens (including phenoxy) is 8. The van der Waals surface area contributed by atoms with Gasteiger partial charge >= 0.3 is 17.9 Å². The molecule has 0 aliphatic carbocycles. The number of likely N-dealkylation sites (N-methyl/N-ethyl adjacent to an activating group) is 1. The summed E-state index contributed by atoms with van der Waals surface area (Å²) in [6.45, 7) is 18.2. The molecule has 0 radical (unpaired) electrons. The average molecular weight is 1120 g/mol. The number of carbonyl (C=O) groups excluding carboxylic acids is 2. The average Bonchev–Trinajstić information content (AvgIpc) is 3.66. The Morgan fingerprint density at radius 1 is 0.974 bits per heavy atom. The van der Waals surface area contributed by atoms with Crippen LogP contribution in [-0.2, 0) is 49.3 Å². The Balaban J connectivity index is 1.18. The van der Waals surface area contributed by atoms with E-state index in [-0.39, 0.29) is 61.0 Å². The maximum atomic E-state index is 14.5. The van der Waals surface area contributed by atoms with E-state index in [1.54, 1.807) is 59.1 Å². The minimum atomic E-state index is -2.03. The van der Waals surface area contributed by atoms with Crippen molar-refractivity contribution < 1.29 is 83.0 Å². The molecule has 0 bridgehead atoms. The molecule has 440 valence electrons. The van der Waals surface area contributed by atoms with Crippen molar-refractivity contribution in [3.8, 4) is 5.75 Å². The third kappa shape index (κ3) is 14.0. The molecule has 5 heterocycles. The number of hydrogen-bond acceptors (Lipinski definition) is 21. The van der Waals surface area contributed by atoms with Crippen molar-refractivity contribution in [3.63, 3.8) is 0 Å². The number of benzene rings is 1. The van der Waals surface area contributed by atoms with Crippen molar-refractivity contribution in [1.82, 2.24) is 14.8 Å². The highest BCUT2D eigenvalue weighted by Gasteiger charge is 2.54. The third-order valence-corrected chi connectivity index (χ3v) is 17.4. The van der Waals surface area contributed by atoms with Crippen LogP contribution in [-0.4, -0.2) is 195 Å². The number of nitrogens with zero attached hydrogens (tertiary/aromatic N) is 3. The lowest BCUT2D eigenvalue weighted by Crippen LogP contribution is -2.61. The lowest BCUT2D eigenvalue weighted by Gasteiger charge is -2.49. The predicted molar refractivity (Wildman–Crippen MR) is 288 cm³/mol. The normalized spacial score (nSPS) is 37.8. The number of thioether (sulfide) groups is 1. The molecule has 2 aromatic rings. The number of carboxylic acid groups (broad SMARTS) is 1. The summed E-state index contributed by atoms with van der Waals surface area (Å²) in [7, 11) is 5.15. The lowest BCUT2D eigenvalue weighted by molar-refractivity contribution is -0.318. The molecule has 22 nitrogen and oxygen atoms in total. The van der Waals surface area contributed by atoms with Gasteiger partial charge in [-0.2, -0.15) is 0 Å². The van der Waals surface area contributed by atoms with Crippen LogP contribution in [0.5, 0.6) is 5.75 Å². The van der Waals surface area contributed by atoms with E-state index in [9.17, 15) is 49.9 Å². The second kappa shape index (κ2) is 26.3. The van der Waals surface area contributed by atoms with Gasteiger partial charge in [0.05, 0.1) is 71.7 Å². The number of carboxylic acids is 1. The van der Waals surface area contributed by atoms with Crippen LogP contribution in [0.25, 0.3) is 10.9 Å². The smallest absolute Gasteiger partial charge is 0.341 e. The number of nitrogens with one attached hydrogen (secondary N) is 1. The number of carbonyl (C=O) groups is 3. The van der Waals surface area contributed by atoms with Crippen molar-refractivity contribution in [1.29, 1.82) is 0 Å². The largest absolute Gasteiger partial charge is 0.491 e. The summed E-state index contributed by atoms with van der Waals surface area (Å²) in [5, 5.41) is 75.3. The summed E-state index contributed by atoms with van der Waals surface area (Å²) >= 11 is 1.45. The molecule has 3 fully saturated rings. The number of pyridine rings is 1. The van der Waals surface area contributed by atoms with Crippen molar-refractivity contribution in [2.75, 3.05) is 46.7 Å². The van der Waals surface area contributed by atoms with Gasteiger partial charge < -0.3 is 83.4 Å². The van der Waals surface area contributed by atoms with Gasteiger partial charge in [0, 0.05) is 73.8 Å². The molecule has 6 rings (SSSR count). The molecule has 1 aromatic heterocycles. The minimum Gasteiger partial charge on any atom is -0.491 e. The lowest BCUT2D eigenvalue weighted by atomic mass is 9.73. The molecule has 18 atom stereocenters. The van der Waals surface area contributed by atoms with Crippen molar-refractivity contribution >= 4 is 46.3 Å². The van der Waals surface area contributed by atoms with Gasteiger partial charge in [-0.25, -0.2) is 4.79 Å². The highest BCUT2D eigenvalue weighted by molar-refractivity contribution is 7.99. The fourth-order valence-corrected chi connectivity index (χ4v) is 12.9. The fourth-order valence-electron chi connectivity index (χ4n) is 12.0. The molecule has 78 heavy (non-hydrogen) atoms. The maximum Gasteiger partial charge on any atom is 0.341 e. The number of aryl methyl sites for hydroxylation is 1. The van der Waals surface area contributed by atoms with Gasteiger partial charge in [0.25, 0.3) is 0 Å². The SMILES string of the molecule is CC[C@H]1OC(=O)[C@H](C)[C@@H](O[C@H]2C[C@@](C)(OC)[C@@H](OC(=O)CCNCCSc3cc4c5c(c3)c(=O)c(C(=O)O)cn5CCCO4)[C@H](C)O2)[C@H](C)[C@@H](O[C@@H]2O[C@H](C)C[C@H](N(C)C)[C@H]2O)[C@](C)(O)C[C@@H](C)/C(=N\O)[C@H](C)[C@@H](O)[C@]1(C)O. The second-order valence-electron chi connectivity index (χ2n) is 22.8. The zero-order valence-electron chi connectivity index (χ0n) is 47.5. The molecule has 4 aliphatic heterocycles. The van der Waals surface area contributed by atoms with E-state index in [2.05, 4.69) is 10.5 Å². The molecule has 0 spiro atoms. The van der Waals surface area contributed by atoms with E-state index in [1.807, 2.05) is 32.0 Å². The number of hydrogen-bond donors (Lipinski definition) is 7. The molecule has 0 amide bonds. The number of methoxy groups -OCH3 is 1. The van der Waals surface area contributed by atoms with Gasteiger partial charge in [0.1, 0.15) is 34.7 Å². The van der Waals surface area contributed by atoms with Crippen molar-refractivity contribution in [3.05, 3.63) is 34.1 Å². The van der Waals surface area contributed by atoms with E-state index in [1.165, 1.54) is 38.9 Å². The Kier molecular flexibility index (Phi) is 21.3. The van der Waals surface area contributed by atoms with E-state index in [0.717, 1.165) is 4.90 Å². The Morgan fingerprint density at radius 3 is 2.32 bits per heavy atom. The zero-order chi connectivity index (χ0) is 57.8. The molecule has 0 saturated carbocycles. The molecular formula is C55H86N4O18S. The van der Waals surface area contributed by atoms with Crippen molar-refractivity contribution in [2.24, 2.45) is 28.8 Å². The summed E-state index contributed by atoms with van der Waals surface area (Å²) in [6.07, 6.45) is -8.42. The van der Waals surface area contributed by atoms with Gasteiger partial charge in [-0.15, -0.1) is 11.8 Å². The number of aliphatic hydroxyl groups excluding tert-OH is 2. The molecule has 7 N–H and O–H groups in total. The summed E-state index contributed by atoms with van der Waals surface area (Å²) in [6, 6.07) is 3.16. The highest BCUT2D eigenvalue weighted by Crippen LogP contribution is 2.42. The minimum absolute atomic E-state index is 0.00106. The van der Waals surface area contributed by atoms with Gasteiger partial charge in [0.2, 0.25) is 5.43 Å². The Morgan fingerprint density at radius 2 is 1.68 bits per heavy atom. The first-order valence-corrected chi connectivity index (χ1v) is 28.3. The number of aromatic carboxylic acids is 1. The number of cyclic esters (lactones) is 1. The molecular weight excluding hydrogens is 1040 g/mol. The fraction of sp³-hybridized carbons (Fsp3) is 0.764. The Bertz CT molecular complexity index is 2490. The summed E-state index contributed by atoms with van der Waals surface area (Å²) in [5.74, 6) is -5.33. The molecule has 23 heteroatoms. The monoisotopic (exact) mass is 1120 g/mol. The first-order chi connectivity index (χ1) is 36.6. The Hall–Kier alpha value is -3.98. The highest BCUT2D eigenvalue weighted by atomic mass is 32.2. The van der Waals surface area contributed by atoms with Crippen LogP contribution in [0.1, 0.15) is 118 Å². The van der Waals surface area contributed by atoms with Gasteiger partial charge in [0.15, 0.2) is 18.7 Å². The third-order valence-electron chi connectivity index (χ3n) is 16.4. The quantitative estimate of drug-likeness (QED) is 0.0408. The van der Waals surface area contributed by atoms with Crippen LogP contribution in [0.15, 0.2) is 33.2 Å². The van der Waals surface area contributed by atoms with Gasteiger partial charge in [-0.3, -0.25) is 14.4 Å². The van der Waals surface area contributed by atoms with Crippen LogP contribution in [0.2, 0.25) is 0 Å². The van der Waals surface area contributed by atoms with Gasteiger partial charge in [-0.05, 0) is 93.5 Å². The number of aromatic nitrogens is 1. The van der Waals surface area contributed by atoms with Crippen LogP contribution in [0.3, 0.4) is 0 Å². The molecule has 0 unspecified atom stereocenters. The number of rotatable bonds is 16. The van der Waals surface area contributed by atoms with E-state index < -0.39 is 119 Å². The summed E-state index contributed by atoms with van der Waals surface area (Å²) in [5.41, 5.74) is -5.31. The molecule has 4 aliphatic rings. The maximum absolute atomic E-state index is 14.5. The van der Waals surface area contributed by atoms with Crippen LogP contribution >= 0.6 is 11.8 Å². The number of esters is 2. The van der Waals surface area contributed by atoms with Crippen LogP contribution in [0.4, 0.5) is 0 Å². The summed E-state index contributed by atoms with van der Waals surface area (Å²) in [4.78, 5) is 55.7. The summed E-state index contributed by atoms with van der Waals surface area (Å²) < 4.78 is 52.3. The van der Waals surface area contributed by atoms with E-state index in [0.29, 0.717) is 49.6 Å². The van der Waals surface area contributed by atoms with E-state index >= 15 is 0 Å². The zero-order valence-corrected chi connectivity index (χ0v) is 48.3. The van der Waals surface area contributed by atoms with Crippen molar-refractivity contribution in [2.45, 2.75) is 203 Å². The number of aliphatic hydroxyl groups is 4. The van der Waals surface area contributed by atoms with E-state index in [4.69, 9.17) is 37.9 Å². The second-order valence-corrected chi connectivity index (χ2v) is 24.0. The first-order valence-electron chi connectivity index (χ1n) is 27.3. The first kappa shape index (κ1) is 63.2. The predicted octanol–water partition coefficient (Wildman–Crippen LogP) is 4.17. The van der Waals surface area contributed by atoms with Crippen LogP contribution < -0.4 is 15.5 Å². The van der Waals surface area contributed by atoms with Gasteiger partial charge in [-0.1, -0.05) is 32.9 Å². The topological polar surface area (TPSA) is 296 Å². The standard InChI is InChI=1S/C55H86N4O18S/c1-14-39-55(10,68)47(63)30(4)42(57-69)28(2)25-53(8,67)48(77-52-45(62)37(58(11)12)22-29(3)72-52)31(5)46(32(6)51(66)74-39)76-41-26-54(9,70-13)49(33(7)73-41)75-40(60)16-17-56-18-21-78-34-23-35-43-38(24-34)71-20-15-19-59(43)27-36(44(35)61)50(64)65/h23-24,27-33,37,39,41,45-49,52,56,62-63,67-69H,14-22,25-26H2,1-13H3,(H,64,65)/b57-42+/t28-,29-,30+,31+,32-,33+,37+,39-,41+,45-,46+,47-,48-,49+,52+,53-,54-,55-/m1/s1.